The fourth-order valence-corrected chi connectivity index (χ4v) is 2.58. The predicted octanol–water partition coefficient (Wildman–Crippen LogP) is 1.79. The summed E-state index contributed by atoms with van der Waals surface area (Å²) in [6, 6.07) is 0.819. The molecular formula is C19H30N2O6. The Morgan fingerprint density at radius 3 is 2.81 bits per heavy atom. The van der Waals surface area contributed by atoms with Crippen LogP contribution in [-0.2, 0) is 28.5 Å². The van der Waals surface area contributed by atoms with Gasteiger partial charge in [0.05, 0.1) is 19.3 Å². The summed E-state index contributed by atoms with van der Waals surface area (Å²) in [6.45, 7) is 5.97. The lowest BCUT2D eigenvalue weighted by Crippen LogP contribution is -2.46. The van der Waals surface area contributed by atoms with Crippen molar-refractivity contribution in [2.75, 3.05) is 33.5 Å². The minimum absolute atomic E-state index is 0.0419. The molecule has 8 nitrogen and oxygen atoms in total. The van der Waals surface area contributed by atoms with Crippen LogP contribution in [0.3, 0.4) is 0 Å². The van der Waals surface area contributed by atoms with Gasteiger partial charge in [0.1, 0.15) is 6.07 Å². The lowest BCUT2D eigenvalue weighted by Gasteiger charge is -2.28. The smallest absolute Gasteiger partial charge is 0.332 e. The quantitative estimate of drug-likeness (QED) is 0.375. The fraction of sp³-hybridized carbons (Fsp3) is 0.737. The third-order valence-electron chi connectivity index (χ3n) is 4.12. The molecule has 152 valence electrons. The van der Waals surface area contributed by atoms with Gasteiger partial charge in [-0.05, 0) is 32.6 Å². The average molecular weight is 382 g/mol. The summed E-state index contributed by atoms with van der Waals surface area (Å²) in [5.41, 5.74) is 0. The van der Waals surface area contributed by atoms with E-state index in [4.69, 9.17) is 24.2 Å². The zero-order valence-corrected chi connectivity index (χ0v) is 16.2. The predicted molar refractivity (Wildman–Crippen MR) is 97.5 cm³/mol. The summed E-state index contributed by atoms with van der Waals surface area (Å²) < 4.78 is 21.7. The number of nitriles is 1. The van der Waals surface area contributed by atoms with E-state index >= 15 is 0 Å². The number of hydrogen-bond donors (Lipinski definition) is 0. The monoisotopic (exact) mass is 382 g/mol. The molecule has 3 atom stereocenters. The van der Waals surface area contributed by atoms with E-state index in [-0.39, 0.29) is 44.5 Å². The lowest BCUT2D eigenvalue weighted by atomic mass is 10.2. The van der Waals surface area contributed by atoms with E-state index < -0.39 is 12.0 Å². The summed E-state index contributed by atoms with van der Waals surface area (Å²) in [4.78, 5) is 25.7. The molecule has 1 aliphatic heterocycles. The van der Waals surface area contributed by atoms with Crippen molar-refractivity contribution >= 4 is 11.9 Å². The summed E-state index contributed by atoms with van der Waals surface area (Å²) >= 11 is 0. The van der Waals surface area contributed by atoms with Crippen molar-refractivity contribution in [3.63, 3.8) is 0 Å². The number of nitrogens with zero attached hydrogens (tertiary/aromatic N) is 2. The highest BCUT2D eigenvalue weighted by atomic mass is 16.7. The van der Waals surface area contributed by atoms with E-state index in [0.717, 1.165) is 19.3 Å². The Morgan fingerprint density at radius 2 is 2.19 bits per heavy atom. The minimum atomic E-state index is -0.922. The van der Waals surface area contributed by atoms with E-state index in [1.54, 1.807) is 12.1 Å². The molecule has 0 aliphatic carbocycles. The third kappa shape index (κ3) is 9.00. The van der Waals surface area contributed by atoms with Crippen LogP contribution in [0.4, 0.5) is 0 Å². The molecule has 1 amide bonds. The molecule has 0 aromatic rings. The molecule has 27 heavy (non-hydrogen) atoms. The Balaban J connectivity index is 2.51. The van der Waals surface area contributed by atoms with Crippen LogP contribution in [0.5, 0.6) is 0 Å². The van der Waals surface area contributed by atoms with Crippen LogP contribution < -0.4 is 0 Å². The van der Waals surface area contributed by atoms with Crippen molar-refractivity contribution in [1.29, 1.82) is 5.26 Å². The van der Waals surface area contributed by atoms with Crippen LogP contribution >= 0.6 is 0 Å². The lowest BCUT2D eigenvalue weighted by molar-refractivity contribution is -0.195. The van der Waals surface area contributed by atoms with E-state index in [0.29, 0.717) is 13.0 Å². The van der Waals surface area contributed by atoms with Crippen LogP contribution in [-0.4, -0.2) is 68.7 Å². The van der Waals surface area contributed by atoms with Gasteiger partial charge in [0.2, 0.25) is 5.91 Å². The highest BCUT2D eigenvalue weighted by Crippen LogP contribution is 2.15. The molecule has 0 bridgehead atoms. The maximum Gasteiger partial charge on any atom is 0.332 e. The number of allylic oxidation sites excluding steroid dienone is 1. The standard InChI is InChI=1S/C19H30N2O6/c1-4-5-8-17(22)21(3)16(19(23)26-12-10-20)14-24-13-15(2)27-18-9-6-7-11-25-18/h4,15-16,18H,1,5-9,11-14H2,2-3H3. The molecule has 0 saturated carbocycles. The van der Waals surface area contributed by atoms with Gasteiger partial charge in [0, 0.05) is 20.1 Å². The zero-order valence-electron chi connectivity index (χ0n) is 16.2. The first-order valence-corrected chi connectivity index (χ1v) is 9.24. The molecule has 8 heteroatoms. The number of amides is 1. The molecule has 1 saturated heterocycles. The molecule has 0 radical (unpaired) electrons. The number of rotatable bonds is 12. The Labute approximate surface area is 161 Å². The molecule has 1 rings (SSSR count). The highest BCUT2D eigenvalue weighted by molar-refractivity contribution is 5.84. The molecule has 0 N–H and O–H groups in total. The van der Waals surface area contributed by atoms with Gasteiger partial charge in [-0.2, -0.15) is 5.26 Å². The fourth-order valence-electron chi connectivity index (χ4n) is 2.58. The number of hydrogen-bond acceptors (Lipinski definition) is 7. The van der Waals surface area contributed by atoms with E-state index in [1.165, 1.54) is 11.9 Å². The van der Waals surface area contributed by atoms with Crippen LogP contribution in [0.15, 0.2) is 12.7 Å². The average Bonchev–Trinajstić information content (AvgIpc) is 2.67. The van der Waals surface area contributed by atoms with Crippen LogP contribution in [0, 0.1) is 11.3 Å². The summed E-state index contributed by atoms with van der Waals surface area (Å²) in [6.07, 6.45) is 4.91. The second-order valence-corrected chi connectivity index (χ2v) is 6.39. The Morgan fingerprint density at radius 1 is 1.41 bits per heavy atom. The molecule has 0 aromatic carbocycles. The van der Waals surface area contributed by atoms with E-state index in [1.807, 2.05) is 6.92 Å². The van der Waals surface area contributed by atoms with Gasteiger partial charge in [-0.15, -0.1) is 6.58 Å². The SMILES string of the molecule is C=CCCC(=O)N(C)C(COCC(C)OC1CCCCO1)C(=O)OCC#N. The molecule has 1 fully saturated rings. The van der Waals surface area contributed by atoms with Gasteiger partial charge in [-0.1, -0.05) is 6.08 Å². The van der Waals surface area contributed by atoms with Crippen molar-refractivity contribution in [1.82, 2.24) is 4.90 Å². The number of carbonyl (C=O) groups excluding carboxylic acids is 2. The second-order valence-electron chi connectivity index (χ2n) is 6.39. The number of likely N-dealkylation sites (N-methyl/N-ethyl adjacent to an activating group) is 1. The maximum atomic E-state index is 12.2. The maximum absolute atomic E-state index is 12.2. The second kappa shape index (κ2) is 13.3. The van der Waals surface area contributed by atoms with Crippen LogP contribution in [0.1, 0.15) is 39.0 Å². The van der Waals surface area contributed by atoms with Crippen molar-refractivity contribution in [3.8, 4) is 6.07 Å². The molecule has 0 aromatic heterocycles. The number of carbonyl (C=O) groups is 2. The first-order chi connectivity index (χ1) is 13.0. The largest absolute Gasteiger partial charge is 0.449 e. The van der Waals surface area contributed by atoms with Crippen LogP contribution in [0.2, 0.25) is 0 Å². The Hall–Kier alpha value is -1.95. The topological polar surface area (TPSA) is 98.1 Å². The summed E-state index contributed by atoms with van der Waals surface area (Å²) in [5.74, 6) is -0.896. The molecular weight excluding hydrogens is 352 g/mol. The first-order valence-electron chi connectivity index (χ1n) is 9.24. The van der Waals surface area contributed by atoms with Crippen molar-refractivity contribution in [2.45, 2.75) is 57.5 Å². The summed E-state index contributed by atoms with van der Waals surface area (Å²) in [7, 11) is 1.52. The minimum Gasteiger partial charge on any atom is -0.449 e. The summed E-state index contributed by atoms with van der Waals surface area (Å²) in [5, 5.41) is 8.59. The normalized spacial score (nSPS) is 18.8. The van der Waals surface area contributed by atoms with E-state index in [9.17, 15) is 9.59 Å². The molecule has 0 spiro atoms. The van der Waals surface area contributed by atoms with Gasteiger partial charge in [0.15, 0.2) is 18.9 Å². The number of esters is 1. The van der Waals surface area contributed by atoms with Gasteiger partial charge in [0.25, 0.3) is 0 Å². The third-order valence-corrected chi connectivity index (χ3v) is 4.12. The van der Waals surface area contributed by atoms with Gasteiger partial charge >= 0.3 is 5.97 Å². The van der Waals surface area contributed by atoms with E-state index in [2.05, 4.69) is 6.58 Å². The highest BCUT2D eigenvalue weighted by Gasteiger charge is 2.28. The van der Waals surface area contributed by atoms with Gasteiger partial charge < -0.3 is 23.8 Å². The molecule has 1 heterocycles. The Kier molecular flexibility index (Phi) is 11.3. The Bertz CT molecular complexity index is 513. The number of ether oxygens (including phenoxy) is 4. The van der Waals surface area contributed by atoms with Gasteiger partial charge in [-0.3, -0.25) is 4.79 Å². The van der Waals surface area contributed by atoms with Crippen molar-refractivity contribution in [3.05, 3.63) is 12.7 Å². The van der Waals surface area contributed by atoms with Crippen molar-refractivity contribution in [2.24, 2.45) is 0 Å². The molecule has 1 aliphatic rings. The van der Waals surface area contributed by atoms with Crippen LogP contribution in [0.25, 0.3) is 0 Å². The van der Waals surface area contributed by atoms with Crippen molar-refractivity contribution < 1.29 is 28.5 Å². The van der Waals surface area contributed by atoms with Gasteiger partial charge in [-0.25, -0.2) is 4.79 Å². The zero-order chi connectivity index (χ0) is 20.1. The first kappa shape index (κ1) is 23.1. The molecule has 3 unspecified atom stereocenters.